The highest BCUT2D eigenvalue weighted by Crippen LogP contribution is 2.43. The van der Waals surface area contributed by atoms with Crippen molar-refractivity contribution in [1.82, 2.24) is 33.9 Å². The van der Waals surface area contributed by atoms with Crippen LogP contribution in [0.1, 0.15) is 67.5 Å². The Hall–Kier alpha value is -3.13. The van der Waals surface area contributed by atoms with E-state index in [1.807, 2.05) is 40.8 Å². The fourth-order valence-corrected chi connectivity index (χ4v) is 7.94. The molecule has 2 aliphatic heterocycles. The molecule has 4 atom stereocenters. The number of likely N-dealkylation sites (tertiary alicyclic amines) is 1. The molecule has 5 heterocycles. The molecule has 232 valence electrons. The van der Waals surface area contributed by atoms with Crippen molar-refractivity contribution in [3.05, 3.63) is 82.1 Å². The summed E-state index contributed by atoms with van der Waals surface area (Å²) in [5.41, 5.74) is 2.02. The fourth-order valence-electron chi connectivity index (χ4n) is 7.51. The van der Waals surface area contributed by atoms with Crippen molar-refractivity contribution in [3.8, 4) is 5.69 Å². The minimum absolute atomic E-state index is 0.0387. The van der Waals surface area contributed by atoms with Gasteiger partial charge in [0, 0.05) is 80.0 Å². The largest absolute Gasteiger partial charge is 0.340 e. The molecule has 0 radical (unpaired) electrons. The minimum atomic E-state index is -3.16. The highest BCUT2D eigenvalue weighted by Gasteiger charge is 2.40. The van der Waals surface area contributed by atoms with E-state index in [2.05, 4.69) is 15.5 Å². The molecule has 1 aliphatic carbocycles. The van der Waals surface area contributed by atoms with Gasteiger partial charge in [0.1, 0.15) is 12.2 Å². The quantitative estimate of drug-likeness (QED) is 0.210. The van der Waals surface area contributed by atoms with Gasteiger partial charge in [0.15, 0.2) is 0 Å². The number of carbonyl (C=O) groups is 1. The summed E-state index contributed by atoms with van der Waals surface area (Å²) in [6, 6.07) is 9.82. The Bertz CT molecular complexity index is 1770. The number of alkyl halides is 3. The third-order valence-corrected chi connectivity index (χ3v) is 10.6. The van der Waals surface area contributed by atoms with Crippen molar-refractivity contribution >= 4 is 34.0 Å². The molecule has 44 heavy (non-hydrogen) atoms. The van der Waals surface area contributed by atoms with E-state index in [9.17, 15) is 9.59 Å². The minimum Gasteiger partial charge on any atom is -0.340 e. The predicted molar refractivity (Wildman–Crippen MR) is 170 cm³/mol. The van der Waals surface area contributed by atoms with Gasteiger partial charge >= 0.3 is 9.62 Å². The second-order valence-corrected chi connectivity index (χ2v) is 14.1. The Kier molecular flexibility index (Phi) is 7.62. The van der Waals surface area contributed by atoms with Gasteiger partial charge in [-0.1, -0.05) is 18.6 Å². The summed E-state index contributed by atoms with van der Waals surface area (Å²) in [6.45, 7) is 2.99. The Balaban J connectivity index is 1.21. The van der Waals surface area contributed by atoms with Gasteiger partial charge < -0.3 is 14.8 Å². The van der Waals surface area contributed by atoms with Gasteiger partial charge in [-0.05, 0) is 73.3 Å². The summed E-state index contributed by atoms with van der Waals surface area (Å²) in [5.74, 6) is 1.78. The Morgan fingerprint density at radius 3 is 2.70 bits per heavy atom. The van der Waals surface area contributed by atoms with E-state index in [0.29, 0.717) is 42.6 Å². The van der Waals surface area contributed by atoms with Crippen molar-refractivity contribution in [3.63, 3.8) is 0 Å². The molecule has 1 aromatic carbocycles. The van der Waals surface area contributed by atoms with E-state index in [4.69, 9.17) is 0 Å². The number of halogens is 3. The summed E-state index contributed by atoms with van der Waals surface area (Å²) in [4.78, 5) is 27.7. The van der Waals surface area contributed by atoms with Gasteiger partial charge in [-0.15, -0.1) is 10.2 Å². The third-order valence-electron chi connectivity index (χ3n) is 10.00. The molecule has 1 saturated carbocycles. The average Bonchev–Trinajstić information content (AvgIpc) is 3.62. The number of amides is 1. The first-order chi connectivity index (χ1) is 21.1. The number of fused-ring (bicyclic) bond motifs is 3. The molecule has 4 aromatic rings. The number of benzene rings is 1. The van der Waals surface area contributed by atoms with E-state index < -0.39 is 3.93 Å². The lowest BCUT2D eigenvalue weighted by molar-refractivity contribution is -0.130. The van der Waals surface area contributed by atoms with Crippen LogP contribution in [0.3, 0.4) is 0 Å². The van der Waals surface area contributed by atoms with Gasteiger partial charge in [0.25, 0.3) is 0 Å². The molecule has 3 unspecified atom stereocenters. The molecule has 1 N–H and O–H groups in total. The first-order valence-corrected chi connectivity index (χ1v) is 16.4. The lowest BCUT2D eigenvalue weighted by Crippen LogP contribution is -2.53. The van der Waals surface area contributed by atoms with Crippen LogP contribution < -0.4 is 11.0 Å². The van der Waals surface area contributed by atoms with Crippen LogP contribution in [0.15, 0.2) is 53.8 Å². The number of hydrogen-bond acceptors (Lipinski definition) is 5. The van der Waals surface area contributed by atoms with Crippen LogP contribution in [0.5, 0.6) is 0 Å². The number of piperazine rings is 1. The van der Waals surface area contributed by atoms with Crippen molar-refractivity contribution in [2.75, 3.05) is 13.1 Å². The molecule has 2 saturated heterocycles. The zero-order chi connectivity index (χ0) is 30.7. The number of pyridine rings is 1. The Morgan fingerprint density at radius 2 is 2.02 bits per heavy atom. The summed E-state index contributed by atoms with van der Waals surface area (Å²) < 4.78 is 31.7. The van der Waals surface area contributed by atoms with Crippen LogP contribution in [-0.4, -0.2) is 59.7 Å². The van der Waals surface area contributed by atoms with Gasteiger partial charge in [-0.2, -0.15) is 8.78 Å². The van der Waals surface area contributed by atoms with Crippen LogP contribution in [-0.2, 0) is 22.2 Å². The molecule has 9 nitrogen and oxygen atoms in total. The number of nitrogens with one attached hydrogen (secondary N) is 1. The highest BCUT2D eigenvalue weighted by atomic mass is 127. The van der Waals surface area contributed by atoms with Crippen LogP contribution >= 0.6 is 22.6 Å². The van der Waals surface area contributed by atoms with Crippen LogP contribution in [0.25, 0.3) is 11.2 Å². The Labute approximate surface area is 267 Å². The van der Waals surface area contributed by atoms with Gasteiger partial charge in [-0.3, -0.25) is 13.8 Å². The van der Waals surface area contributed by atoms with E-state index >= 15 is 8.78 Å². The van der Waals surface area contributed by atoms with Crippen LogP contribution in [0, 0.1) is 11.8 Å². The van der Waals surface area contributed by atoms with Crippen molar-refractivity contribution < 1.29 is 13.6 Å². The molecule has 0 spiro atoms. The third kappa shape index (κ3) is 5.37. The predicted octanol–water partition coefficient (Wildman–Crippen LogP) is 4.78. The molecular weight excluding hydrogens is 679 g/mol. The second-order valence-electron chi connectivity index (χ2n) is 12.8. The first-order valence-electron chi connectivity index (χ1n) is 15.4. The number of rotatable bonds is 8. The Morgan fingerprint density at radius 1 is 1.20 bits per heavy atom. The zero-order valence-electron chi connectivity index (χ0n) is 24.8. The van der Waals surface area contributed by atoms with Crippen molar-refractivity contribution in [2.24, 2.45) is 18.9 Å². The lowest BCUT2D eigenvalue weighted by Gasteiger charge is -2.33. The van der Waals surface area contributed by atoms with Crippen molar-refractivity contribution in [2.45, 2.75) is 67.4 Å². The summed E-state index contributed by atoms with van der Waals surface area (Å²) in [5, 5.41) is 12.1. The standard InChI is InChI=1S/C32H36F2IN7O2/c1-19(43)40-15-24-12-22(27(16-40)37-24)10-9-20-11-26(32(33,34)35)28-17-41(31(44)42(28)14-20)25-8-4-7-23(13-25)29(21-5-3-6-21)30-38-36-18-39(30)2/h4,7-8,11,13-14,17-18,21-22,24,27,29,37H,3,5-6,9-10,12,15-16H2,1-2H3/t22?,24?,27?,29-/m1/s1. The number of imidazole rings is 1. The van der Waals surface area contributed by atoms with Gasteiger partial charge in [0.05, 0.1) is 16.8 Å². The second kappa shape index (κ2) is 11.3. The first kappa shape index (κ1) is 29.6. The van der Waals surface area contributed by atoms with E-state index in [0.717, 1.165) is 59.7 Å². The number of hydrogen-bond donors (Lipinski definition) is 1. The average molecular weight is 716 g/mol. The SMILES string of the molecule is CC(=O)N1CC2CC(CCc3cc(C(F)(F)I)c4cn(-c5cccc([C@H](c6nncn6C)C6CCC6)c5)c(=O)n4c3)C(C1)N2. The molecule has 7 rings (SSSR count). The fraction of sp³-hybridized carbons (Fsp3) is 0.500. The van der Waals surface area contributed by atoms with Gasteiger partial charge in [-0.25, -0.2) is 4.79 Å². The maximum atomic E-state index is 15.0. The topological polar surface area (TPSA) is 89.5 Å². The summed E-state index contributed by atoms with van der Waals surface area (Å²) in [7, 11) is 1.94. The van der Waals surface area contributed by atoms with Crippen LogP contribution in [0.2, 0.25) is 0 Å². The molecule has 3 aromatic heterocycles. The van der Waals surface area contributed by atoms with Gasteiger partial charge in [0.2, 0.25) is 5.91 Å². The zero-order valence-corrected chi connectivity index (χ0v) is 27.0. The number of carbonyl (C=O) groups excluding carboxylic acids is 1. The van der Waals surface area contributed by atoms with E-state index in [-0.39, 0.29) is 40.7 Å². The number of aryl methyl sites for hydroxylation is 2. The maximum absolute atomic E-state index is 15.0. The molecule has 2 bridgehead atoms. The molecular formula is C32H36F2IN7O2. The van der Waals surface area contributed by atoms with Crippen molar-refractivity contribution in [1.29, 1.82) is 0 Å². The summed E-state index contributed by atoms with van der Waals surface area (Å²) in [6.07, 6.45) is 10.6. The normalized spacial score (nSPS) is 22.8. The molecule has 3 aliphatic rings. The molecule has 1 amide bonds. The molecule has 12 heteroatoms. The monoisotopic (exact) mass is 715 g/mol. The molecule has 3 fully saturated rings. The maximum Gasteiger partial charge on any atom is 0.337 e. The smallest absolute Gasteiger partial charge is 0.337 e. The number of nitrogens with zero attached hydrogens (tertiary/aromatic N) is 6. The van der Waals surface area contributed by atoms with E-state index in [1.54, 1.807) is 25.5 Å². The number of aromatic nitrogens is 5. The lowest BCUT2D eigenvalue weighted by atomic mass is 9.72. The van der Waals surface area contributed by atoms with E-state index in [1.165, 1.54) is 21.6 Å². The highest BCUT2D eigenvalue weighted by molar-refractivity contribution is 14.1. The summed E-state index contributed by atoms with van der Waals surface area (Å²) >= 11 is 1.16. The van der Waals surface area contributed by atoms with Crippen LogP contribution in [0.4, 0.5) is 8.78 Å².